The van der Waals surface area contributed by atoms with Crippen LogP contribution in [0.3, 0.4) is 0 Å². The Balaban J connectivity index is 1.62. The fourth-order valence-corrected chi connectivity index (χ4v) is 3.45. The van der Waals surface area contributed by atoms with Crippen LogP contribution in [0.1, 0.15) is 58.3 Å². The molecule has 0 saturated heterocycles. The third kappa shape index (κ3) is 3.98. The fourth-order valence-electron chi connectivity index (χ4n) is 3.45. The average Bonchev–Trinajstić information content (AvgIpc) is 2.38. The van der Waals surface area contributed by atoms with Gasteiger partial charge in [-0.3, -0.25) is 4.79 Å². The molecule has 2 aliphatic rings. The van der Waals surface area contributed by atoms with Crippen LogP contribution < -0.4 is 11.1 Å². The van der Waals surface area contributed by atoms with Gasteiger partial charge in [-0.15, -0.1) is 0 Å². The van der Waals surface area contributed by atoms with Crippen LogP contribution in [0, 0.1) is 17.8 Å². The second-order valence-electron chi connectivity index (χ2n) is 6.49. The summed E-state index contributed by atoms with van der Waals surface area (Å²) in [6, 6.07) is 0.625. The van der Waals surface area contributed by atoms with E-state index in [0.29, 0.717) is 6.04 Å². The lowest BCUT2D eigenvalue weighted by molar-refractivity contribution is -0.122. The molecule has 104 valence electrons. The molecule has 2 rings (SSSR count). The molecule has 0 spiro atoms. The topological polar surface area (TPSA) is 55.1 Å². The molecule has 0 aromatic carbocycles. The van der Waals surface area contributed by atoms with Crippen LogP contribution in [0.4, 0.5) is 0 Å². The Morgan fingerprint density at radius 1 is 1.06 bits per heavy atom. The van der Waals surface area contributed by atoms with E-state index >= 15 is 0 Å². The second-order valence-corrected chi connectivity index (χ2v) is 6.49. The molecule has 2 fully saturated rings. The number of rotatable bonds is 4. The lowest BCUT2D eigenvalue weighted by Crippen LogP contribution is -2.39. The van der Waals surface area contributed by atoms with Crippen molar-refractivity contribution >= 4 is 5.91 Å². The minimum atomic E-state index is -0.102. The number of carbonyl (C=O) groups is 1. The van der Waals surface area contributed by atoms with Crippen LogP contribution in [0.2, 0.25) is 0 Å². The Kier molecular flexibility index (Phi) is 5.04. The van der Waals surface area contributed by atoms with Crippen molar-refractivity contribution in [3.05, 3.63) is 0 Å². The fraction of sp³-hybridized carbons (Fsp3) is 0.933. The van der Waals surface area contributed by atoms with E-state index in [1.165, 1.54) is 32.2 Å². The summed E-state index contributed by atoms with van der Waals surface area (Å²) in [7, 11) is 0. The van der Waals surface area contributed by atoms with Gasteiger partial charge in [-0.05, 0) is 56.9 Å². The lowest BCUT2D eigenvalue weighted by atomic mass is 9.82. The monoisotopic (exact) mass is 252 g/mol. The van der Waals surface area contributed by atoms with Crippen LogP contribution in [0.5, 0.6) is 0 Å². The molecule has 1 amide bonds. The summed E-state index contributed by atoms with van der Waals surface area (Å²) in [5.41, 5.74) is 5.36. The van der Waals surface area contributed by atoms with Crippen molar-refractivity contribution in [3.8, 4) is 0 Å². The highest BCUT2D eigenvalue weighted by molar-refractivity contribution is 5.76. The maximum absolute atomic E-state index is 11.1. The quantitative estimate of drug-likeness (QED) is 0.807. The van der Waals surface area contributed by atoms with Crippen LogP contribution >= 0.6 is 0 Å². The van der Waals surface area contributed by atoms with Gasteiger partial charge in [0, 0.05) is 12.0 Å². The van der Waals surface area contributed by atoms with Gasteiger partial charge in [-0.2, -0.15) is 0 Å². The summed E-state index contributed by atoms with van der Waals surface area (Å²) in [6.45, 7) is 3.55. The number of hydrogen-bond donors (Lipinski definition) is 2. The van der Waals surface area contributed by atoms with Crippen molar-refractivity contribution in [3.63, 3.8) is 0 Å². The Morgan fingerprint density at radius 3 is 2.22 bits per heavy atom. The van der Waals surface area contributed by atoms with Gasteiger partial charge in [0.05, 0.1) is 0 Å². The summed E-state index contributed by atoms with van der Waals surface area (Å²) in [5.74, 6) is 1.86. The third-order valence-corrected chi connectivity index (χ3v) is 4.96. The van der Waals surface area contributed by atoms with Crippen LogP contribution in [0.15, 0.2) is 0 Å². The van der Waals surface area contributed by atoms with Crippen LogP contribution in [-0.2, 0) is 4.79 Å². The smallest absolute Gasteiger partial charge is 0.220 e. The molecule has 3 N–H and O–H groups in total. The van der Waals surface area contributed by atoms with Gasteiger partial charge in [-0.1, -0.05) is 19.8 Å². The predicted molar refractivity (Wildman–Crippen MR) is 74.1 cm³/mol. The Bertz CT molecular complexity index is 264. The highest BCUT2D eigenvalue weighted by Gasteiger charge is 2.25. The van der Waals surface area contributed by atoms with Crippen molar-refractivity contribution in [2.75, 3.05) is 6.54 Å². The molecule has 2 saturated carbocycles. The first kappa shape index (κ1) is 13.9. The van der Waals surface area contributed by atoms with Gasteiger partial charge in [-0.25, -0.2) is 0 Å². The minimum Gasteiger partial charge on any atom is -0.369 e. The molecule has 0 aliphatic heterocycles. The van der Waals surface area contributed by atoms with Crippen LogP contribution in [-0.4, -0.2) is 18.5 Å². The van der Waals surface area contributed by atoms with E-state index < -0.39 is 0 Å². The molecule has 0 aromatic rings. The largest absolute Gasteiger partial charge is 0.369 e. The van der Waals surface area contributed by atoms with E-state index in [1.807, 2.05) is 0 Å². The van der Waals surface area contributed by atoms with Gasteiger partial charge >= 0.3 is 0 Å². The zero-order valence-corrected chi connectivity index (χ0v) is 11.7. The van der Waals surface area contributed by atoms with E-state index in [2.05, 4.69) is 12.2 Å². The summed E-state index contributed by atoms with van der Waals surface area (Å²) in [6.07, 6.45) is 9.80. The molecule has 0 bridgehead atoms. The molecule has 18 heavy (non-hydrogen) atoms. The van der Waals surface area contributed by atoms with E-state index in [9.17, 15) is 4.79 Å². The Hall–Kier alpha value is -0.570. The van der Waals surface area contributed by atoms with E-state index in [1.54, 1.807) is 0 Å². The summed E-state index contributed by atoms with van der Waals surface area (Å²) < 4.78 is 0. The van der Waals surface area contributed by atoms with Crippen molar-refractivity contribution in [2.45, 2.75) is 64.3 Å². The second kappa shape index (κ2) is 6.55. The first-order valence-corrected chi connectivity index (χ1v) is 7.68. The van der Waals surface area contributed by atoms with Gasteiger partial charge < -0.3 is 11.1 Å². The van der Waals surface area contributed by atoms with Crippen molar-refractivity contribution in [1.29, 1.82) is 0 Å². The predicted octanol–water partition coefficient (Wildman–Crippen LogP) is 2.45. The van der Waals surface area contributed by atoms with Crippen molar-refractivity contribution in [2.24, 2.45) is 23.5 Å². The molecule has 0 heterocycles. The number of primary amides is 1. The first-order chi connectivity index (χ1) is 8.65. The molecular weight excluding hydrogens is 224 g/mol. The number of nitrogens with one attached hydrogen (secondary N) is 1. The SMILES string of the molecule is CC1CCC(CNC2CCC(C(N)=O)CC2)CC1. The molecule has 0 unspecified atom stereocenters. The maximum atomic E-state index is 11.1. The zero-order chi connectivity index (χ0) is 13.0. The molecule has 3 nitrogen and oxygen atoms in total. The molecular formula is C15H28N2O. The lowest BCUT2D eigenvalue weighted by Gasteiger charge is -2.31. The van der Waals surface area contributed by atoms with Gasteiger partial charge in [0.1, 0.15) is 0 Å². The molecule has 2 aliphatic carbocycles. The van der Waals surface area contributed by atoms with Crippen molar-refractivity contribution < 1.29 is 4.79 Å². The minimum absolute atomic E-state index is 0.102. The molecule has 0 atom stereocenters. The normalized spacial score (nSPS) is 37.4. The van der Waals surface area contributed by atoms with E-state index in [0.717, 1.165) is 37.5 Å². The first-order valence-electron chi connectivity index (χ1n) is 7.68. The third-order valence-electron chi connectivity index (χ3n) is 4.96. The zero-order valence-electron chi connectivity index (χ0n) is 11.7. The number of carbonyl (C=O) groups excluding carboxylic acids is 1. The molecule has 3 heteroatoms. The number of nitrogens with two attached hydrogens (primary N) is 1. The van der Waals surface area contributed by atoms with Gasteiger partial charge in [0.25, 0.3) is 0 Å². The standard InChI is InChI=1S/C15H28N2O/c1-11-2-4-12(5-3-11)10-17-14-8-6-13(7-9-14)15(16)18/h11-14,17H,2-10H2,1H3,(H2,16,18). The Labute approximate surface area is 111 Å². The van der Waals surface area contributed by atoms with E-state index in [-0.39, 0.29) is 11.8 Å². The number of hydrogen-bond acceptors (Lipinski definition) is 2. The van der Waals surface area contributed by atoms with E-state index in [4.69, 9.17) is 5.73 Å². The summed E-state index contributed by atoms with van der Waals surface area (Å²) in [5, 5.41) is 3.71. The van der Waals surface area contributed by atoms with Gasteiger partial charge in [0.2, 0.25) is 5.91 Å². The summed E-state index contributed by atoms with van der Waals surface area (Å²) >= 11 is 0. The average molecular weight is 252 g/mol. The summed E-state index contributed by atoms with van der Waals surface area (Å²) in [4.78, 5) is 11.1. The highest BCUT2D eigenvalue weighted by atomic mass is 16.1. The maximum Gasteiger partial charge on any atom is 0.220 e. The van der Waals surface area contributed by atoms with Crippen molar-refractivity contribution in [1.82, 2.24) is 5.32 Å². The van der Waals surface area contributed by atoms with Crippen LogP contribution in [0.25, 0.3) is 0 Å². The molecule has 0 radical (unpaired) electrons. The Morgan fingerprint density at radius 2 is 1.67 bits per heavy atom. The number of amides is 1. The molecule has 0 aromatic heterocycles. The van der Waals surface area contributed by atoms with Gasteiger partial charge in [0.15, 0.2) is 0 Å². The highest BCUT2D eigenvalue weighted by Crippen LogP contribution is 2.29.